The Balaban J connectivity index is 3.33. The second-order valence-electron chi connectivity index (χ2n) is 3.65. The van der Waals surface area contributed by atoms with Crippen LogP contribution in [0.4, 0.5) is 30.7 Å². The van der Waals surface area contributed by atoms with Gasteiger partial charge in [-0.2, -0.15) is 26.3 Å². The van der Waals surface area contributed by atoms with E-state index in [2.05, 4.69) is 0 Å². The van der Waals surface area contributed by atoms with Gasteiger partial charge in [0.2, 0.25) is 0 Å². The molecular formula is C10H7F7O. The third-order valence-electron chi connectivity index (χ3n) is 2.38. The van der Waals surface area contributed by atoms with Gasteiger partial charge in [-0.3, -0.25) is 0 Å². The minimum atomic E-state index is -5.04. The fourth-order valence-electron chi connectivity index (χ4n) is 1.31. The van der Waals surface area contributed by atoms with Crippen molar-refractivity contribution in [3.8, 4) is 5.75 Å². The Morgan fingerprint density at radius 3 is 1.94 bits per heavy atom. The van der Waals surface area contributed by atoms with Crippen LogP contribution in [0.1, 0.15) is 24.0 Å². The van der Waals surface area contributed by atoms with Crippen molar-refractivity contribution >= 4 is 0 Å². The first kappa shape index (κ1) is 14.6. The molecule has 0 bridgehead atoms. The van der Waals surface area contributed by atoms with Crippen LogP contribution in [0.2, 0.25) is 0 Å². The third kappa shape index (κ3) is 2.85. The van der Waals surface area contributed by atoms with E-state index < -0.39 is 41.0 Å². The quantitative estimate of drug-likeness (QED) is 0.761. The summed E-state index contributed by atoms with van der Waals surface area (Å²) in [6, 6.07) is 0.00319. The lowest BCUT2D eigenvalue weighted by molar-refractivity contribution is -0.147. The summed E-state index contributed by atoms with van der Waals surface area (Å²) < 4.78 is 86.9. The van der Waals surface area contributed by atoms with Crippen LogP contribution in [0.25, 0.3) is 0 Å². The van der Waals surface area contributed by atoms with Gasteiger partial charge >= 0.3 is 12.4 Å². The third-order valence-corrected chi connectivity index (χ3v) is 2.38. The fraction of sp³-hybridized carbons (Fsp3) is 0.400. The minimum absolute atomic E-state index is 0.146. The number of rotatable bonds is 1. The maximum atomic E-state index is 13.2. The molecule has 18 heavy (non-hydrogen) atoms. The monoisotopic (exact) mass is 276 g/mol. The van der Waals surface area contributed by atoms with Gasteiger partial charge in [0, 0.05) is 5.56 Å². The number of aromatic hydroxyl groups is 1. The smallest absolute Gasteiger partial charge is 0.420 e. The average molecular weight is 276 g/mol. The second-order valence-corrected chi connectivity index (χ2v) is 3.65. The van der Waals surface area contributed by atoms with Crippen LogP contribution in [0.5, 0.6) is 5.75 Å². The van der Waals surface area contributed by atoms with Gasteiger partial charge in [0.05, 0.1) is 5.92 Å². The Labute approximate surface area is 96.8 Å². The van der Waals surface area contributed by atoms with Crippen molar-refractivity contribution in [2.45, 2.75) is 25.2 Å². The summed E-state index contributed by atoms with van der Waals surface area (Å²) >= 11 is 0. The molecule has 1 aromatic carbocycles. The van der Waals surface area contributed by atoms with Crippen molar-refractivity contribution < 1.29 is 35.8 Å². The Bertz CT molecular complexity index is 447. The topological polar surface area (TPSA) is 20.2 Å². The molecule has 0 heterocycles. The summed E-state index contributed by atoms with van der Waals surface area (Å²) in [5, 5.41) is 9.01. The van der Waals surface area contributed by atoms with E-state index in [9.17, 15) is 30.7 Å². The molecule has 1 aromatic rings. The van der Waals surface area contributed by atoms with Crippen LogP contribution in [0.3, 0.4) is 0 Å². The molecule has 0 spiro atoms. The molecule has 0 aliphatic heterocycles. The summed E-state index contributed by atoms with van der Waals surface area (Å²) in [4.78, 5) is 0. The zero-order valence-corrected chi connectivity index (χ0v) is 8.83. The van der Waals surface area contributed by atoms with E-state index in [1.807, 2.05) is 0 Å². The van der Waals surface area contributed by atoms with E-state index in [1.165, 1.54) is 0 Å². The predicted molar refractivity (Wildman–Crippen MR) is 47.5 cm³/mol. The Morgan fingerprint density at radius 2 is 1.56 bits per heavy atom. The number of alkyl halides is 6. The first-order valence-electron chi connectivity index (χ1n) is 4.61. The summed E-state index contributed by atoms with van der Waals surface area (Å²) in [5.41, 5.74) is -2.74. The number of hydrogen-bond donors (Lipinski definition) is 1. The zero-order valence-electron chi connectivity index (χ0n) is 8.83. The Kier molecular flexibility index (Phi) is 3.51. The van der Waals surface area contributed by atoms with Crippen molar-refractivity contribution in [1.82, 2.24) is 0 Å². The van der Waals surface area contributed by atoms with Gasteiger partial charge in [-0.05, 0) is 19.1 Å². The Hall–Kier alpha value is -1.47. The van der Waals surface area contributed by atoms with Crippen LogP contribution < -0.4 is 0 Å². The van der Waals surface area contributed by atoms with Crippen LogP contribution in [-0.2, 0) is 6.18 Å². The van der Waals surface area contributed by atoms with Gasteiger partial charge in [-0.1, -0.05) is 0 Å². The van der Waals surface area contributed by atoms with Gasteiger partial charge in [-0.15, -0.1) is 0 Å². The maximum Gasteiger partial charge on any atom is 0.420 e. The lowest BCUT2D eigenvalue weighted by Gasteiger charge is -2.18. The lowest BCUT2D eigenvalue weighted by Crippen LogP contribution is -2.19. The molecule has 1 atom stereocenters. The largest absolute Gasteiger partial charge is 0.507 e. The highest BCUT2D eigenvalue weighted by atomic mass is 19.4. The highest BCUT2D eigenvalue weighted by Crippen LogP contribution is 2.41. The number of phenolic OH excluding ortho intramolecular Hbond substituents is 1. The molecule has 0 aromatic heterocycles. The second kappa shape index (κ2) is 4.33. The SMILES string of the molecule is CC(c1cc(O)c(C(F)(F)F)cc1F)C(F)(F)F. The molecule has 1 rings (SSSR count). The standard InChI is InChI=1S/C10H7F7O/c1-4(9(12,13)14)5-2-8(18)6(3-7(5)11)10(15,16)17/h2-4,18H,1H3. The van der Waals surface area contributed by atoms with E-state index in [1.54, 1.807) is 0 Å². The normalized spacial score (nSPS) is 14.7. The Morgan fingerprint density at radius 1 is 1.06 bits per heavy atom. The molecule has 0 fully saturated rings. The predicted octanol–water partition coefficient (Wildman–Crippen LogP) is 4.22. The average Bonchev–Trinajstić information content (AvgIpc) is 2.16. The number of phenols is 1. The van der Waals surface area contributed by atoms with Crippen molar-refractivity contribution in [3.63, 3.8) is 0 Å². The molecule has 0 amide bonds. The first-order chi connectivity index (χ1) is 7.94. The first-order valence-corrected chi connectivity index (χ1v) is 4.61. The van der Waals surface area contributed by atoms with Crippen LogP contribution >= 0.6 is 0 Å². The molecule has 0 saturated heterocycles. The molecule has 1 nitrogen and oxygen atoms in total. The summed E-state index contributed by atoms with van der Waals surface area (Å²) in [6.45, 7) is 0.588. The maximum absolute atomic E-state index is 13.2. The van der Waals surface area contributed by atoms with E-state index in [4.69, 9.17) is 5.11 Å². The molecule has 1 unspecified atom stereocenters. The van der Waals surface area contributed by atoms with E-state index in [0.29, 0.717) is 6.92 Å². The van der Waals surface area contributed by atoms with Crippen molar-refractivity contribution in [3.05, 3.63) is 29.1 Å². The highest BCUT2D eigenvalue weighted by molar-refractivity contribution is 5.40. The molecule has 0 saturated carbocycles. The lowest BCUT2D eigenvalue weighted by atomic mass is 9.97. The van der Waals surface area contributed by atoms with Gasteiger partial charge in [0.15, 0.2) is 0 Å². The molecule has 1 N–H and O–H groups in total. The van der Waals surface area contributed by atoms with Gasteiger partial charge in [0.25, 0.3) is 0 Å². The van der Waals surface area contributed by atoms with Crippen molar-refractivity contribution in [1.29, 1.82) is 0 Å². The molecule has 8 heteroatoms. The number of halogens is 7. The highest BCUT2D eigenvalue weighted by Gasteiger charge is 2.41. The molecule has 0 aliphatic carbocycles. The summed E-state index contributed by atoms with van der Waals surface area (Å²) in [5.74, 6) is -5.41. The van der Waals surface area contributed by atoms with Gasteiger partial charge < -0.3 is 5.11 Å². The van der Waals surface area contributed by atoms with Crippen molar-refractivity contribution in [2.24, 2.45) is 0 Å². The molecular weight excluding hydrogens is 269 g/mol. The fourth-order valence-corrected chi connectivity index (χ4v) is 1.31. The van der Waals surface area contributed by atoms with Gasteiger partial charge in [-0.25, -0.2) is 4.39 Å². The van der Waals surface area contributed by atoms with Crippen molar-refractivity contribution in [2.75, 3.05) is 0 Å². The summed E-state index contributed by atoms with van der Waals surface area (Å²) in [7, 11) is 0. The van der Waals surface area contributed by atoms with E-state index in [-0.39, 0.29) is 12.1 Å². The van der Waals surface area contributed by atoms with Gasteiger partial charge in [0.1, 0.15) is 17.1 Å². The van der Waals surface area contributed by atoms with Crippen LogP contribution in [-0.4, -0.2) is 11.3 Å². The number of hydrogen-bond acceptors (Lipinski definition) is 1. The van der Waals surface area contributed by atoms with E-state index in [0.717, 1.165) is 0 Å². The minimum Gasteiger partial charge on any atom is -0.507 e. The molecule has 0 aliphatic rings. The van der Waals surface area contributed by atoms with E-state index >= 15 is 0 Å². The molecule has 102 valence electrons. The zero-order chi connectivity index (χ0) is 14.3. The molecule has 0 radical (unpaired) electrons. The van der Waals surface area contributed by atoms with Crippen LogP contribution in [0.15, 0.2) is 12.1 Å². The van der Waals surface area contributed by atoms with Crippen LogP contribution in [0, 0.1) is 5.82 Å². The summed E-state index contributed by atoms with van der Waals surface area (Å²) in [6.07, 6.45) is -9.85. The number of benzene rings is 1.